The first-order valence-corrected chi connectivity index (χ1v) is 16.2. The quantitative estimate of drug-likeness (QED) is 0.321. The normalized spacial score (nSPS) is 15.0. The zero-order valence-electron chi connectivity index (χ0n) is 23.0. The second-order valence-corrected chi connectivity index (χ2v) is 13.0. The lowest BCUT2D eigenvalue weighted by Crippen LogP contribution is -2.51. The van der Waals surface area contributed by atoms with Crippen LogP contribution >= 0.6 is 23.2 Å². The summed E-state index contributed by atoms with van der Waals surface area (Å²) in [5.74, 6) is -0.342. The van der Waals surface area contributed by atoms with Crippen molar-refractivity contribution in [3.05, 3.63) is 63.6 Å². The second kappa shape index (κ2) is 14.4. The predicted molar refractivity (Wildman–Crippen MR) is 159 cm³/mol. The number of sulfonamides is 1. The highest BCUT2D eigenvalue weighted by atomic mass is 35.5. The van der Waals surface area contributed by atoms with Gasteiger partial charge in [-0.25, -0.2) is 8.42 Å². The zero-order chi connectivity index (χ0) is 28.6. The molecule has 0 radical (unpaired) electrons. The molecule has 0 heterocycles. The molecule has 0 unspecified atom stereocenters. The molecule has 7 nitrogen and oxygen atoms in total. The van der Waals surface area contributed by atoms with E-state index >= 15 is 0 Å². The van der Waals surface area contributed by atoms with Gasteiger partial charge in [-0.3, -0.25) is 13.9 Å². The van der Waals surface area contributed by atoms with Crippen molar-refractivity contribution >= 4 is 50.7 Å². The van der Waals surface area contributed by atoms with Gasteiger partial charge in [0.05, 0.1) is 11.9 Å². The summed E-state index contributed by atoms with van der Waals surface area (Å²) in [5, 5.41) is 4.24. The van der Waals surface area contributed by atoms with Gasteiger partial charge in [-0.15, -0.1) is 0 Å². The third kappa shape index (κ3) is 8.85. The minimum atomic E-state index is -3.61. The fraction of sp³-hybridized carbons (Fsp3) is 0.517. The van der Waals surface area contributed by atoms with Gasteiger partial charge >= 0.3 is 0 Å². The van der Waals surface area contributed by atoms with Crippen LogP contribution in [-0.2, 0) is 26.2 Å². The van der Waals surface area contributed by atoms with Crippen molar-refractivity contribution < 1.29 is 18.0 Å². The summed E-state index contributed by atoms with van der Waals surface area (Å²) >= 11 is 12.3. The minimum Gasteiger partial charge on any atom is -0.352 e. The number of hydrogen-bond acceptors (Lipinski definition) is 4. The number of carbonyl (C=O) groups excluding carboxylic acids is 2. The molecule has 0 aliphatic heterocycles. The lowest BCUT2D eigenvalue weighted by Gasteiger charge is -2.33. The number of nitrogens with zero attached hydrogens (tertiary/aromatic N) is 2. The van der Waals surface area contributed by atoms with Crippen LogP contribution in [0.1, 0.15) is 69.4 Å². The van der Waals surface area contributed by atoms with Crippen LogP contribution in [0.4, 0.5) is 5.69 Å². The van der Waals surface area contributed by atoms with Gasteiger partial charge in [-0.1, -0.05) is 67.6 Å². The number of anilines is 1. The molecular formula is C29H39Cl2N3O4S. The highest BCUT2D eigenvalue weighted by molar-refractivity contribution is 7.92. The first kappa shape index (κ1) is 31.2. The molecule has 214 valence electrons. The van der Waals surface area contributed by atoms with Crippen molar-refractivity contribution in [2.75, 3.05) is 17.1 Å². The van der Waals surface area contributed by atoms with Gasteiger partial charge in [0.1, 0.15) is 6.04 Å². The third-order valence-corrected chi connectivity index (χ3v) is 9.10. The summed E-state index contributed by atoms with van der Waals surface area (Å²) in [7, 11) is -3.61. The summed E-state index contributed by atoms with van der Waals surface area (Å²) in [4.78, 5) is 28.6. The van der Waals surface area contributed by atoms with Gasteiger partial charge in [0, 0.05) is 35.6 Å². The van der Waals surface area contributed by atoms with Gasteiger partial charge in [0.15, 0.2) is 0 Å². The largest absolute Gasteiger partial charge is 0.352 e. The molecule has 2 amide bonds. The Hall–Kier alpha value is -2.29. The highest BCUT2D eigenvalue weighted by Crippen LogP contribution is 2.29. The summed E-state index contributed by atoms with van der Waals surface area (Å²) in [6.45, 7) is 4.05. The van der Waals surface area contributed by atoms with E-state index in [0.29, 0.717) is 27.7 Å². The summed E-state index contributed by atoms with van der Waals surface area (Å²) in [5.41, 5.74) is 2.02. The molecule has 1 aliphatic rings. The number of rotatable bonds is 12. The van der Waals surface area contributed by atoms with Crippen molar-refractivity contribution in [1.29, 1.82) is 0 Å². The first-order chi connectivity index (χ1) is 18.5. The highest BCUT2D eigenvalue weighted by Gasteiger charge is 2.30. The molecule has 0 bridgehead atoms. The Balaban J connectivity index is 1.77. The average Bonchev–Trinajstić information content (AvgIpc) is 2.89. The van der Waals surface area contributed by atoms with Crippen LogP contribution in [0.15, 0.2) is 42.5 Å². The average molecular weight is 597 g/mol. The van der Waals surface area contributed by atoms with Crippen molar-refractivity contribution in [2.45, 2.75) is 83.8 Å². The van der Waals surface area contributed by atoms with Crippen LogP contribution in [0.2, 0.25) is 10.0 Å². The molecule has 2 aromatic carbocycles. The van der Waals surface area contributed by atoms with Crippen LogP contribution in [-0.4, -0.2) is 50.0 Å². The van der Waals surface area contributed by atoms with E-state index in [1.807, 2.05) is 19.1 Å². The topological polar surface area (TPSA) is 86.8 Å². The van der Waals surface area contributed by atoms with Gasteiger partial charge in [0.25, 0.3) is 0 Å². The molecule has 1 saturated carbocycles. The van der Waals surface area contributed by atoms with Crippen molar-refractivity contribution in [3.8, 4) is 0 Å². The smallest absolute Gasteiger partial charge is 0.243 e. The van der Waals surface area contributed by atoms with E-state index in [9.17, 15) is 18.0 Å². The van der Waals surface area contributed by atoms with Crippen LogP contribution in [0, 0.1) is 6.92 Å². The molecule has 1 aliphatic carbocycles. The molecule has 1 fully saturated rings. The molecule has 0 saturated heterocycles. The summed E-state index contributed by atoms with van der Waals surface area (Å²) in [6.07, 6.45) is 7.27. The molecule has 10 heteroatoms. The maximum absolute atomic E-state index is 13.6. The van der Waals surface area contributed by atoms with E-state index in [1.165, 1.54) is 10.7 Å². The second-order valence-electron chi connectivity index (χ2n) is 10.2. The molecule has 0 spiro atoms. The maximum Gasteiger partial charge on any atom is 0.243 e. The van der Waals surface area contributed by atoms with E-state index < -0.39 is 16.1 Å². The van der Waals surface area contributed by atoms with Gasteiger partial charge < -0.3 is 10.2 Å². The molecule has 39 heavy (non-hydrogen) atoms. The zero-order valence-corrected chi connectivity index (χ0v) is 25.3. The van der Waals surface area contributed by atoms with Gasteiger partial charge in [0.2, 0.25) is 21.8 Å². The lowest BCUT2D eigenvalue weighted by atomic mass is 9.95. The monoisotopic (exact) mass is 595 g/mol. The molecular weight excluding hydrogens is 557 g/mol. The first-order valence-electron chi connectivity index (χ1n) is 13.6. The molecule has 3 rings (SSSR count). The Bertz CT molecular complexity index is 1230. The summed E-state index contributed by atoms with van der Waals surface area (Å²) < 4.78 is 26.6. The predicted octanol–water partition coefficient (Wildman–Crippen LogP) is 6.10. The standard InChI is InChI=1S/C29H39Cl2N3O4S/c1-4-26(29(36)32-24-10-6-5-7-11-24)33(20-22-15-17-23(30)18-16-22)28(35)14-9-19-34(39(3,37)38)27-13-8-12-25(31)21(27)2/h8,12-13,15-18,24,26H,4-7,9-11,14,19-20H2,1-3H3,(H,32,36)/t26-/m1/s1. The van der Waals surface area contributed by atoms with Gasteiger partial charge in [-0.05, 0) is 68.0 Å². The SMILES string of the molecule is CC[C@H](C(=O)NC1CCCCC1)N(Cc1ccc(Cl)cc1)C(=O)CCCN(c1cccc(Cl)c1C)S(C)(=O)=O. The van der Waals surface area contributed by atoms with E-state index in [2.05, 4.69) is 5.32 Å². The molecule has 1 atom stereocenters. The minimum absolute atomic E-state index is 0.0897. The fourth-order valence-electron chi connectivity index (χ4n) is 5.10. The van der Waals surface area contributed by atoms with E-state index in [1.54, 1.807) is 42.2 Å². The van der Waals surface area contributed by atoms with Gasteiger partial charge in [-0.2, -0.15) is 0 Å². The molecule has 2 aromatic rings. The fourth-order valence-corrected chi connectivity index (χ4v) is 6.41. The molecule has 1 N–H and O–H groups in total. The summed E-state index contributed by atoms with van der Waals surface area (Å²) in [6, 6.07) is 11.9. The van der Waals surface area contributed by atoms with E-state index in [4.69, 9.17) is 23.2 Å². The lowest BCUT2D eigenvalue weighted by molar-refractivity contribution is -0.141. The Kier molecular flexibility index (Phi) is 11.5. The van der Waals surface area contributed by atoms with Crippen molar-refractivity contribution in [2.24, 2.45) is 0 Å². The van der Waals surface area contributed by atoms with Crippen LogP contribution < -0.4 is 9.62 Å². The van der Waals surface area contributed by atoms with E-state index in [-0.39, 0.29) is 43.8 Å². The number of halogens is 2. The van der Waals surface area contributed by atoms with Crippen LogP contribution in [0.5, 0.6) is 0 Å². The number of amides is 2. The number of carbonyl (C=O) groups is 2. The third-order valence-electron chi connectivity index (χ3n) is 7.26. The Labute approximate surface area is 242 Å². The van der Waals surface area contributed by atoms with Crippen LogP contribution in [0.25, 0.3) is 0 Å². The molecule has 0 aromatic heterocycles. The number of benzene rings is 2. The Morgan fingerprint density at radius 2 is 1.72 bits per heavy atom. The Morgan fingerprint density at radius 1 is 1.05 bits per heavy atom. The van der Waals surface area contributed by atoms with Crippen molar-refractivity contribution in [3.63, 3.8) is 0 Å². The number of hydrogen-bond donors (Lipinski definition) is 1. The Morgan fingerprint density at radius 3 is 2.33 bits per heavy atom. The van der Waals surface area contributed by atoms with E-state index in [0.717, 1.165) is 37.5 Å². The maximum atomic E-state index is 13.6. The number of nitrogens with one attached hydrogen (secondary N) is 1. The van der Waals surface area contributed by atoms with Crippen LogP contribution in [0.3, 0.4) is 0 Å². The van der Waals surface area contributed by atoms with Crippen molar-refractivity contribution in [1.82, 2.24) is 10.2 Å².